The average Bonchev–Trinajstić information content (AvgIpc) is 3.04. The molecule has 0 unspecified atom stereocenters. The van der Waals surface area contributed by atoms with E-state index in [1.165, 1.54) is 5.56 Å². The molecule has 0 bridgehead atoms. The molecule has 0 aliphatic rings. The van der Waals surface area contributed by atoms with Gasteiger partial charge in [-0.15, -0.1) is 23.7 Å². The van der Waals surface area contributed by atoms with Gasteiger partial charge in [-0.2, -0.15) is 0 Å². The Morgan fingerprint density at radius 1 is 1.19 bits per heavy atom. The van der Waals surface area contributed by atoms with E-state index >= 15 is 0 Å². The van der Waals surface area contributed by atoms with Gasteiger partial charge in [-0.3, -0.25) is 0 Å². The molecule has 1 N–H and O–H groups in total. The van der Waals surface area contributed by atoms with Gasteiger partial charge in [-0.1, -0.05) is 30.3 Å². The van der Waals surface area contributed by atoms with Crippen molar-refractivity contribution >= 4 is 28.9 Å². The Kier molecular flexibility index (Phi) is 5.04. The highest BCUT2D eigenvalue weighted by Gasteiger charge is 2.10. The highest BCUT2D eigenvalue weighted by molar-refractivity contribution is 7.14. The molecule has 1 aromatic carbocycles. The summed E-state index contributed by atoms with van der Waals surface area (Å²) in [5, 5.41) is 6.35. The van der Waals surface area contributed by atoms with Gasteiger partial charge in [0.05, 0.1) is 5.69 Å². The number of rotatable bonds is 4. The smallest absolute Gasteiger partial charge is 0.183 e. The lowest BCUT2D eigenvalue weighted by Gasteiger charge is -2.01. The predicted molar refractivity (Wildman–Crippen MR) is 90.3 cm³/mol. The Morgan fingerprint density at radius 2 is 1.95 bits per heavy atom. The van der Waals surface area contributed by atoms with E-state index in [-0.39, 0.29) is 12.4 Å². The van der Waals surface area contributed by atoms with Crippen molar-refractivity contribution < 1.29 is 4.42 Å². The topological polar surface area (TPSA) is 38.1 Å². The third kappa shape index (κ3) is 3.65. The Balaban J connectivity index is 0.00000161. The van der Waals surface area contributed by atoms with Crippen LogP contribution in [0.4, 0.5) is 5.13 Å². The van der Waals surface area contributed by atoms with Gasteiger partial charge in [-0.25, -0.2) is 4.98 Å². The van der Waals surface area contributed by atoms with Crippen LogP contribution in [-0.4, -0.2) is 4.98 Å². The average molecular weight is 321 g/mol. The Morgan fingerprint density at radius 3 is 2.62 bits per heavy atom. The summed E-state index contributed by atoms with van der Waals surface area (Å²) in [4.78, 5) is 4.62. The lowest BCUT2D eigenvalue weighted by molar-refractivity contribution is 0.505. The Bertz CT molecular complexity index is 706. The summed E-state index contributed by atoms with van der Waals surface area (Å²) in [6, 6.07) is 12.3. The molecule has 0 radical (unpaired) electrons. The van der Waals surface area contributed by atoms with Crippen LogP contribution in [0, 0.1) is 13.8 Å². The van der Waals surface area contributed by atoms with Crippen LogP contribution < -0.4 is 5.32 Å². The first-order valence-electron chi connectivity index (χ1n) is 6.53. The van der Waals surface area contributed by atoms with Crippen molar-refractivity contribution in [1.29, 1.82) is 0 Å². The number of thiazole rings is 1. The zero-order chi connectivity index (χ0) is 13.9. The minimum atomic E-state index is 0. The van der Waals surface area contributed by atoms with Crippen LogP contribution in [0.15, 0.2) is 46.2 Å². The Labute approximate surface area is 134 Å². The number of benzene rings is 1. The van der Waals surface area contributed by atoms with E-state index in [0.29, 0.717) is 0 Å². The summed E-state index contributed by atoms with van der Waals surface area (Å²) in [5.41, 5.74) is 3.30. The zero-order valence-corrected chi connectivity index (χ0v) is 13.6. The third-order valence-electron chi connectivity index (χ3n) is 3.11. The fraction of sp³-hybridized carbons (Fsp3) is 0.188. The summed E-state index contributed by atoms with van der Waals surface area (Å²) in [5.74, 6) is 1.84. The van der Waals surface area contributed by atoms with E-state index in [1.807, 2.05) is 38.1 Å². The summed E-state index contributed by atoms with van der Waals surface area (Å²) < 4.78 is 5.55. The molecular formula is C16H17ClN2OS. The largest absolute Gasteiger partial charge is 0.466 e. The molecule has 0 atom stereocenters. The van der Waals surface area contributed by atoms with E-state index < -0.39 is 0 Å². The fourth-order valence-electron chi connectivity index (χ4n) is 2.14. The molecule has 0 spiro atoms. The summed E-state index contributed by atoms with van der Waals surface area (Å²) in [6.45, 7) is 4.72. The van der Waals surface area contributed by atoms with Gasteiger partial charge in [0.1, 0.15) is 11.5 Å². The van der Waals surface area contributed by atoms with Crippen LogP contribution in [-0.2, 0) is 6.54 Å². The maximum Gasteiger partial charge on any atom is 0.183 e. The van der Waals surface area contributed by atoms with Crippen molar-refractivity contribution in [3.63, 3.8) is 0 Å². The standard InChI is InChI=1S/C16H16N2OS.ClH/c1-11-8-14(12(2)19-11)15-10-20-16(18-15)17-9-13-6-4-3-5-7-13;/h3-8,10H,9H2,1-2H3,(H,17,18);1H. The summed E-state index contributed by atoms with van der Waals surface area (Å²) >= 11 is 1.62. The summed E-state index contributed by atoms with van der Waals surface area (Å²) in [7, 11) is 0. The second-order valence-electron chi connectivity index (χ2n) is 4.70. The van der Waals surface area contributed by atoms with Gasteiger partial charge in [0, 0.05) is 17.5 Å². The number of hydrogen-bond donors (Lipinski definition) is 1. The van der Waals surface area contributed by atoms with E-state index in [4.69, 9.17) is 4.42 Å². The van der Waals surface area contributed by atoms with Crippen molar-refractivity contribution in [2.45, 2.75) is 20.4 Å². The third-order valence-corrected chi connectivity index (χ3v) is 3.91. The first-order chi connectivity index (χ1) is 9.72. The molecule has 3 nitrogen and oxygen atoms in total. The highest BCUT2D eigenvalue weighted by atomic mass is 35.5. The van der Waals surface area contributed by atoms with Crippen LogP contribution in [0.3, 0.4) is 0 Å². The second-order valence-corrected chi connectivity index (χ2v) is 5.56. The lowest BCUT2D eigenvalue weighted by atomic mass is 10.2. The van der Waals surface area contributed by atoms with Crippen LogP contribution in [0.2, 0.25) is 0 Å². The number of aryl methyl sites for hydroxylation is 2. The molecule has 3 aromatic rings. The molecule has 110 valence electrons. The van der Waals surface area contributed by atoms with E-state index in [0.717, 1.165) is 34.5 Å². The van der Waals surface area contributed by atoms with Crippen molar-refractivity contribution in [2.75, 3.05) is 5.32 Å². The maximum absolute atomic E-state index is 5.55. The van der Waals surface area contributed by atoms with Crippen LogP contribution in [0.1, 0.15) is 17.1 Å². The fourth-order valence-corrected chi connectivity index (χ4v) is 2.85. The molecule has 0 aliphatic carbocycles. The van der Waals surface area contributed by atoms with Crippen molar-refractivity contribution in [1.82, 2.24) is 4.98 Å². The molecule has 0 fully saturated rings. The molecule has 5 heteroatoms. The van der Waals surface area contributed by atoms with Gasteiger partial charge in [0.25, 0.3) is 0 Å². The SMILES string of the molecule is Cc1cc(-c2csc(NCc3ccccc3)n2)c(C)o1.Cl. The number of anilines is 1. The van der Waals surface area contributed by atoms with Crippen molar-refractivity contribution in [3.8, 4) is 11.3 Å². The molecule has 0 saturated heterocycles. The Hall–Kier alpha value is -1.78. The van der Waals surface area contributed by atoms with E-state index in [9.17, 15) is 0 Å². The molecule has 2 heterocycles. The zero-order valence-electron chi connectivity index (χ0n) is 11.9. The van der Waals surface area contributed by atoms with Crippen LogP contribution in [0.5, 0.6) is 0 Å². The van der Waals surface area contributed by atoms with Gasteiger partial charge in [0.15, 0.2) is 5.13 Å². The molecule has 21 heavy (non-hydrogen) atoms. The minimum Gasteiger partial charge on any atom is -0.466 e. The molecule has 0 amide bonds. The van der Waals surface area contributed by atoms with Crippen LogP contribution in [0.25, 0.3) is 11.3 Å². The van der Waals surface area contributed by atoms with E-state index in [2.05, 4.69) is 27.8 Å². The molecule has 3 rings (SSSR count). The quantitative estimate of drug-likeness (QED) is 0.730. The molecule has 0 aliphatic heterocycles. The predicted octanol–water partition coefficient (Wildman–Crippen LogP) is 5.05. The number of nitrogens with zero attached hydrogens (tertiary/aromatic N) is 1. The van der Waals surface area contributed by atoms with Crippen LogP contribution >= 0.6 is 23.7 Å². The first-order valence-corrected chi connectivity index (χ1v) is 7.41. The normalized spacial score (nSPS) is 10.2. The van der Waals surface area contributed by atoms with Gasteiger partial charge in [-0.05, 0) is 25.5 Å². The maximum atomic E-state index is 5.55. The minimum absolute atomic E-state index is 0. The van der Waals surface area contributed by atoms with Crippen molar-refractivity contribution in [2.24, 2.45) is 0 Å². The first kappa shape index (κ1) is 15.6. The summed E-state index contributed by atoms with van der Waals surface area (Å²) in [6.07, 6.45) is 0. The molecule has 0 saturated carbocycles. The highest BCUT2D eigenvalue weighted by Crippen LogP contribution is 2.29. The number of nitrogens with one attached hydrogen (secondary N) is 1. The number of furan rings is 1. The van der Waals surface area contributed by atoms with Gasteiger partial charge < -0.3 is 9.73 Å². The monoisotopic (exact) mass is 320 g/mol. The van der Waals surface area contributed by atoms with Gasteiger partial charge in [0.2, 0.25) is 0 Å². The number of aromatic nitrogens is 1. The number of halogens is 1. The van der Waals surface area contributed by atoms with E-state index in [1.54, 1.807) is 11.3 Å². The lowest BCUT2D eigenvalue weighted by Crippen LogP contribution is -1.98. The molecule has 2 aromatic heterocycles. The molecular weight excluding hydrogens is 304 g/mol. The van der Waals surface area contributed by atoms with Gasteiger partial charge >= 0.3 is 0 Å². The second kappa shape index (κ2) is 6.78. The number of hydrogen-bond acceptors (Lipinski definition) is 4. The van der Waals surface area contributed by atoms with Crippen molar-refractivity contribution in [3.05, 3.63) is 58.9 Å².